The summed E-state index contributed by atoms with van der Waals surface area (Å²) in [7, 11) is 0. The Morgan fingerprint density at radius 3 is 2.60 bits per heavy atom. The summed E-state index contributed by atoms with van der Waals surface area (Å²) < 4.78 is 1.65. The van der Waals surface area contributed by atoms with Gasteiger partial charge in [0.25, 0.3) is 5.56 Å². The van der Waals surface area contributed by atoms with E-state index < -0.39 is 0 Å². The van der Waals surface area contributed by atoms with E-state index in [9.17, 15) is 14.4 Å². The number of carbonyl (C=O) groups excluding carboxylic acids is 2. The summed E-state index contributed by atoms with van der Waals surface area (Å²) in [5, 5.41) is 3.68. The highest BCUT2D eigenvalue weighted by atomic mass is 32.2. The Bertz CT molecular complexity index is 1130. The molecule has 0 saturated carbocycles. The molecule has 3 amide bonds. The quantitative estimate of drug-likeness (QED) is 0.467. The fourth-order valence-electron chi connectivity index (χ4n) is 3.45. The molecule has 0 spiro atoms. The number of hydrogen-bond acceptors (Lipinski definition) is 5. The van der Waals surface area contributed by atoms with E-state index in [1.165, 1.54) is 22.2 Å². The monoisotopic (exact) mass is 422 g/mol. The van der Waals surface area contributed by atoms with Gasteiger partial charge in [0.2, 0.25) is 5.91 Å². The van der Waals surface area contributed by atoms with E-state index in [0.717, 1.165) is 12.8 Å². The lowest BCUT2D eigenvalue weighted by Gasteiger charge is -2.15. The van der Waals surface area contributed by atoms with E-state index >= 15 is 0 Å². The van der Waals surface area contributed by atoms with E-state index in [1.54, 1.807) is 16.7 Å². The molecular weight excluding hydrogens is 400 g/mol. The molecule has 4 rings (SSSR count). The number of nitrogens with one attached hydrogen (secondary N) is 1. The van der Waals surface area contributed by atoms with Gasteiger partial charge >= 0.3 is 6.03 Å². The molecule has 7 nitrogen and oxygen atoms in total. The number of aromatic nitrogens is 2. The first-order valence-corrected chi connectivity index (χ1v) is 10.9. The van der Waals surface area contributed by atoms with E-state index in [1.807, 2.05) is 30.3 Å². The van der Waals surface area contributed by atoms with Gasteiger partial charge in [0, 0.05) is 19.6 Å². The fourth-order valence-corrected chi connectivity index (χ4v) is 4.36. The number of nitrogens with zero attached hydrogens (tertiary/aromatic N) is 3. The molecular formula is C22H22N4O3S. The average Bonchev–Trinajstić information content (AvgIpc) is 3.20. The van der Waals surface area contributed by atoms with E-state index in [2.05, 4.69) is 22.4 Å². The molecule has 1 saturated heterocycles. The second-order valence-corrected chi connectivity index (χ2v) is 7.97. The van der Waals surface area contributed by atoms with Crippen LogP contribution in [-0.2, 0) is 17.8 Å². The standard InChI is InChI=1S/C22H22N4O3S/c27-19(25-14-12-23-21(25)29)15-30-22-24-18-11-5-4-10-17(18)20(28)26(22)13-6-9-16-7-2-1-3-8-16/h1-5,7-8,10-11H,6,9,12-15H2,(H,23,29). The largest absolute Gasteiger partial charge is 0.336 e. The first kappa shape index (κ1) is 20.2. The van der Waals surface area contributed by atoms with Crippen molar-refractivity contribution < 1.29 is 9.59 Å². The number of imide groups is 1. The zero-order valence-corrected chi connectivity index (χ0v) is 17.2. The SMILES string of the molecule is O=C(CSc1nc2ccccc2c(=O)n1CCCc1ccccc1)N1CCNC1=O. The third-order valence-corrected chi connectivity index (χ3v) is 5.96. The number of urea groups is 1. The summed E-state index contributed by atoms with van der Waals surface area (Å²) in [5.74, 6) is -0.232. The minimum Gasteiger partial charge on any atom is -0.336 e. The Labute approximate surface area is 178 Å². The number of amides is 3. The van der Waals surface area contributed by atoms with Gasteiger partial charge < -0.3 is 5.32 Å². The third kappa shape index (κ3) is 4.38. The van der Waals surface area contributed by atoms with Crippen LogP contribution in [0.15, 0.2) is 64.5 Å². The van der Waals surface area contributed by atoms with Crippen LogP contribution in [0.4, 0.5) is 4.79 Å². The van der Waals surface area contributed by atoms with Crippen molar-refractivity contribution >= 4 is 34.6 Å². The molecule has 0 radical (unpaired) electrons. The number of thioether (sulfide) groups is 1. The number of carbonyl (C=O) groups is 2. The Balaban J connectivity index is 1.55. The number of benzene rings is 2. The molecule has 0 atom stereocenters. The first-order valence-electron chi connectivity index (χ1n) is 9.88. The molecule has 154 valence electrons. The van der Waals surface area contributed by atoms with Crippen molar-refractivity contribution in [2.24, 2.45) is 0 Å². The van der Waals surface area contributed by atoms with Crippen LogP contribution in [0.1, 0.15) is 12.0 Å². The van der Waals surface area contributed by atoms with Crippen LogP contribution < -0.4 is 10.9 Å². The summed E-state index contributed by atoms with van der Waals surface area (Å²) in [5.41, 5.74) is 1.71. The van der Waals surface area contributed by atoms with Gasteiger partial charge in [-0.15, -0.1) is 0 Å². The number of fused-ring (bicyclic) bond motifs is 1. The maximum Gasteiger partial charge on any atom is 0.324 e. The van der Waals surface area contributed by atoms with Crippen LogP contribution in [0.3, 0.4) is 0 Å². The molecule has 1 aromatic heterocycles. The Hall–Kier alpha value is -3.13. The van der Waals surface area contributed by atoms with Crippen molar-refractivity contribution in [3.8, 4) is 0 Å². The zero-order valence-electron chi connectivity index (χ0n) is 16.4. The van der Waals surface area contributed by atoms with Crippen LogP contribution in [0.25, 0.3) is 10.9 Å². The van der Waals surface area contributed by atoms with Gasteiger partial charge in [0.1, 0.15) is 0 Å². The lowest BCUT2D eigenvalue weighted by molar-refractivity contribution is -0.124. The normalized spacial score (nSPS) is 13.6. The predicted octanol–water partition coefficient (Wildman–Crippen LogP) is 2.67. The Kier molecular flexibility index (Phi) is 6.13. The van der Waals surface area contributed by atoms with Gasteiger partial charge in [-0.2, -0.15) is 0 Å². The minimum absolute atomic E-state index is 0.0525. The molecule has 3 aromatic rings. The van der Waals surface area contributed by atoms with Gasteiger partial charge in [-0.3, -0.25) is 19.1 Å². The molecule has 0 unspecified atom stereocenters. The molecule has 8 heteroatoms. The van der Waals surface area contributed by atoms with Crippen molar-refractivity contribution in [3.63, 3.8) is 0 Å². The van der Waals surface area contributed by atoms with Gasteiger partial charge in [0.15, 0.2) is 5.16 Å². The predicted molar refractivity (Wildman–Crippen MR) is 117 cm³/mol. The van der Waals surface area contributed by atoms with Gasteiger partial charge in [-0.25, -0.2) is 9.78 Å². The zero-order chi connectivity index (χ0) is 20.9. The van der Waals surface area contributed by atoms with E-state index in [4.69, 9.17) is 0 Å². The van der Waals surface area contributed by atoms with Crippen LogP contribution >= 0.6 is 11.8 Å². The van der Waals surface area contributed by atoms with Crippen molar-refractivity contribution in [1.29, 1.82) is 0 Å². The third-order valence-electron chi connectivity index (χ3n) is 5.00. The summed E-state index contributed by atoms with van der Waals surface area (Å²) >= 11 is 1.20. The van der Waals surface area contributed by atoms with Crippen LogP contribution in [0.5, 0.6) is 0 Å². The van der Waals surface area contributed by atoms with Crippen LogP contribution in [0.2, 0.25) is 0 Å². The smallest absolute Gasteiger partial charge is 0.324 e. The summed E-state index contributed by atoms with van der Waals surface area (Å²) in [6, 6.07) is 17.0. The average molecular weight is 423 g/mol. The lowest BCUT2D eigenvalue weighted by Crippen LogP contribution is -2.35. The number of rotatable bonds is 7. The topological polar surface area (TPSA) is 84.3 Å². The molecule has 0 aliphatic carbocycles. The van der Waals surface area contributed by atoms with Crippen molar-refractivity contribution in [2.75, 3.05) is 18.8 Å². The Morgan fingerprint density at radius 1 is 1.07 bits per heavy atom. The molecule has 1 fully saturated rings. The number of hydrogen-bond donors (Lipinski definition) is 1. The summed E-state index contributed by atoms with van der Waals surface area (Å²) in [6.07, 6.45) is 1.62. The highest BCUT2D eigenvalue weighted by Gasteiger charge is 2.26. The minimum atomic E-state index is -0.368. The lowest BCUT2D eigenvalue weighted by atomic mass is 10.1. The summed E-state index contributed by atoms with van der Waals surface area (Å²) in [6.45, 7) is 1.34. The van der Waals surface area contributed by atoms with Gasteiger partial charge in [-0.1, -0.05) is 54.2 Å². The molecule has 2 heterocycles. The van der Waals surface area contributed by atoms with E-state index in [-0.39, 0.29) is 23.3 Å². The van der Waals surface area contributed by atoms with Gasteiger partial charge in [-0.05, 0) is 30.5 Å². The number of aryl methyl sites for hydroxylation is 1. The van der Waals surface area contributed by atoms with Crippen LogP contribution in [0, 0.1) is 0 Å². The number of para-hydroxylation sites is 1. The van der Waals surface area contributed by atoms with Crippen molar-refractivity contribution in [3.05, 3.63) is 70.5 Å². The van der Waals surface area contributed by atoms with Gasteiger partial charge in [0.05, 0.1) is 16.7 Å². The molecule has 0 bridgehead atoms. The van der Waals surface area contributed by atoms with Crippen molar-refractivity contribution in [1.82, 2.24) is 19.8 Å². The highest BCUT2D eigenvalue weighted by molar-refractivity contribution is 7.99. The molecule has 1 aliphatic heterocycles. The Morgan fingerprint density at radius 2 is 1.83 bits per heavy atom. The molecule has 2 aromatic carbocycles. The maximum atomic E-state index is 13.1. The second kappa shape index (κ2) is 9.13. The second-order valence-electron chi connectivity index (χ2n) is 7.02. The fraction of sp³-hybridized carbons (Fsp3) is 0.273. The van der Waals surface area contributed by atoms with E-state index in [0.29, 0.717) is 35.7 Å². The maximum absolute atomic E-state index is 13.1. The van der Waals surface area contributed by atoms with Crippen molar-refractivity contribution in [2.45, 2.75) is 24.5 Å². The highest BCUT2D eigenvalue weighted by Crippen LogP contribution is 2.19. The van der Waals surface area contributed by atoms with Crippen LogP contribution in [-0.4, -0.2) is 45.2 Å². The molecule has 30 heavy (non-hydrogen) atoms. The molecule has 1 N–H and O–H groups in total. The molecule has 1 aliphatic rings. The first-order chi connectivity index (χ1) is 14.6. The summed E-state index contributed by atoms with van der Waals surface area (Å²) in [4.78, 5) is 43.1.